The molecule has 0 aliphatic rings. The number of para-hydroxylation sites is 2. The maximum atomic E-state index is 12.0. The molecular formula is C18H19N3OS. The van der Waals surface area contributed by atoms with Crippen LogP contribution < -0.4 is 10.6 Å². The summed E-state index contributed by atoms with van der Waals surface area (Å²) in [6, 6.07) is 19.4. The lowest BCUT2D eigenvalue weighted by molar-refractivity contribution is -0.114. The zero-order valence-corrected chi connectivity index (χ0v) is 13.8. The van der Waals surface area contributed by atoms with E-state index in [-0.39, 0.29) is 18.4 Å². The van der Waals surface area contributed by atoms with Crippen molar-refractivity contribution in [2.75, 3.05) is 22.9 Å². The smallest absolute Gasteiger partial charge is 0.243 e. The number of anilines is 2. The van der Waals surface area contributed by atoms with Gasteiger partial charge in [0, 0.05) is 22.0 Å². The summed E-state index contributed by atoms with van der Waals surface area (Å²) in [5.74, 6) is 0.627. The third-order valence-electron chi connectivity index (χ3n) is 3.09. The lowest BCUT2D eigenvalue weighted by Gasteiger charge is -2.12. The molecule has 0 heterocycles. The van der Waals surface area contributed by atoms with Gasteiger partial charge in [-0.2, -0.15) is 5.26 Å². The monoisotopic (exact) mass is 325 g/mol. The number of benzene rings is 2. The molecular weight excluding hydrogens is 306 g/mol. The third kappa shape index (κ3) is 5.68. The van der Waals surface area contributed by atoms with Gasteiger partial charge in [-0.3, -0.25) is 4.79 Å². The van der Waals surface area contributed by atoms with E-state index in [1.165, 1.54) is 0 Å². The topological polar surface area (TPSA) is 64.9 Å². The lowest BCUT2D eigenvalue weighted by Crippen LogP contribution is -2.21. The minimum Gasteiger partial charge on any atom is -0.375 e. The number of nitrogens with one attached hydrogen (secondary N) is 2. The van der Waals surface area contributed by atoms with Crippen LogP contribution in [-0.4, -0.2) is 18.2 Å². The fourth-order valence-electron chi connectivity index (χ4n) is 1.89. The fourth-order valence-corrected chi connectivity index (χ4v) is 2.87. The van der Waals surface area contributed by atoms with Crippen LogP contribution in [0.3, 0.4) is 0 Å². The Morgan fingerprint density at radius 3 is 2.61 bits per heavy atom. The van der Waals surface area contributed by atoms with Gasteiger partial charge in [-0.05, 0) is 31.2 Å². The molecule has 0 spiro atoms. The molecule has 0 aliphatic carbocycles. The van der Waals surface area contributed by atoms with Crippen molar-refractivity contribution in [2.24, 2.45) is 5.92 Å². The minimum absolute atomic E-state index is 0.00515. The van der Waals surface area contributed by atoms with Gasteiger partial charge in [-0.25, -0.2) is 0 Å². The molecule has 0 radical (unpaired) electrons. The number of rotatable bonds is 7. The zero-order valence-electron chi connectivity index (χ0n) is 13.0. The van der Waals surface area contributed by atoms with Crippen molar-refractivity contribution in [3.8, 4) is 6.07 Å². The van der Waals surface area contributed by atoms with Crippen LogP contribution in [0.4, 0.5) is 11.4 Å². The highest BCUT2D eigenvalue weighted by Crippen LogP contribution is 2.28. The molecule has 1 atom stereocenters. The summed E-state index contributed by atoms with van der Waals surface area (Å²) in [5, 5.41) is 14.9. The predicted octanol–water partition coefficient (Wildman–Crippen LogP) is 3.99. The largest absolute Gasteiger partial charge is 0.375 e. The van der Waals surface area contributed by atoms with E-state index in [1.807, 2.05) is 61.5 Å². The number of nitriles is 1. The molecule has 0 aromatic heterocycles. The van der Waals surface area contributed by atoms with E-state index in [4.69, 9.17) is 5.26 Å². The molecule has 1 amide bonds. The predicted molar refractivity (Wildman–Crippen MR) is 95.5 cm³/mol. The Morgan fingerprint density at radius 1 is 1.17 bits per heavy atom. The first-order valence-electron chi connectivity index (χ1n) is 7.39. The summed E-state index contributed by atoms with van der Waals surface area (Å²) in [6.07, 6.45) is 0. The molecule has 23 heavy (non-hydrogen) atoms. The molecule has 0 fully saturated rings. The average Bonchev–Trinajstić information content (AvgIpc) is 2.59. The Morgan fingerprint density at radius 2 is 1.87 bits per heavy atom. The van der Waals surface area contributed by atoms with Crippen molar-refractivity contribution < 1.29 is 4.79 Å². The second-order valence-corrected chi connectivity index (χ2v) is 6.17. The van der Waals surface area contributed by atoms with Crippen LogP contribution in [0.1, 0.15) is 6.92 Å². The highest BCUT2D eigenvalue weighted by atomic mass is 32.2. The molecule has 0 bridgehead atoms. The van der Waals surface area contributed by atoms with Gasteiger partial charge in [0.1, 0.15) is 0 Å². The highest BCUT2D eigenvalue weighted by Gasteiger charge is 2.07. The molecule has 2 N–H and O–H groups in total. The van der Waals surface area contributed by atoms with Gasteiger partial charge >= 0.3 is 0 Å². The standard InChI is InChI=1S/C18H19N3OS/c1-14(11-19)13-23-17-10-6-5-9-16(17)20-12-18(22)21-15-7-3-2-4-8-15/h2-10,14,20H,12-13H2,1H3,(H,21,22)/t14-/m0/s1. The van der Waals surface area contributed by atoms with E-state index in [9.17, 15) is 4.79 Å². The Bertz CT molecular complexity index is 682. The third-order valence-corrected chi connectivity index (χ3v) is 4.43. The van der Waals surface area contributed by atoms with E-state index in [2.05, 4.69) is 16.7 Å². The van der Waals surface area contributed by atoms with E-state index in [1.54, 1.807) is 11.8 Å². The lowest BCUT2D eigenvalue weighted by atomic mass is 10.3. The zero-order chi connectivity index (χ0) is 16.5. The average molecular weight is 325 g/mol. The number of hydrogen-bond acceptors (Lipinski definition) is 4. The summed E-state index contributed by atoms with van der Waals surface area (Å²) in [7, 11) is 0. The Balaban J connectivity index is 1.90. The molecule has 2 rings (SSSR count). The molecule has 118 valence electrons. The molecule has 2 aromatic carbocycles. The fraction of sp³-hybridized carbons (Fsp3) is 0.222. The first-order chi connectivity index (χ1) is 11.2. The van der Waals surface area contributed by atoms with Gasteiger partial charge < -0.3 is 10.6 Å². The number of carbonyl (C=O) groups is 1. The molecule has 0 saturated carbocycles. The van der Waals surface area contributed by atoms with E-state index in [0.717, 1.165) is 22.0 Å². The highest BCUT2D eigenvalue weighted by molar-refractivity contribution is 7.99. The Labute approximate surface area is 140 Å². The quantitative estimate of drug-likeness (QED) is 0.756. The SMILES string of the molecule is C[C@@H](C#N)CSc1ccccc1NCC(=O)Nc1ccccc1. The van der Waals surface area contributed by atoms with Crippen LogP contribution >= 0.6 is 11.8 Å². The molecule has 0 saturated heterocycles. The summed E-state index contributed by atoms with van der Waals surface area (Å²) >= 11 is 1.62. The number of carbonyl (C=O) groups excluding carboxylic acids is 1. The van der Waals surface area contributed by atoms with Crippen molar-refractivity contribution in [3.63, 3.8) is 0 Å². The van der Waals surface area contributed by atoms with E-state index >= 15 is 0 Å². The number of thioether (sulfide) groups is 1. The Kier molecular flexibility index (Phi) is 6.52. The van der Waals surface area contributed by atoms with Crippen molar-refractivity contribution in [1.29, 1.82) is 5.26 Å². The van der Waals surface area contributed by atoms with Gasteiger partial charge in [-0.15, -0.1) is 11.8 Å². The second-order valence-electron chi connectivity index (χ2n) is 5.11. The number of amides is 1. The van der Waals surface area contributed by atoms with E-state index < -0.39 is 0 Å². The summed E-state index contributed by atoms with van der Waals surface area (Å²) < 4.78 is 0. The molecule has 2 aromatic rings. The van der Waals surface area contributed by atoms with Gasteiger partial charge in [0.2, 0.25) is 5.91 Å². The Hall–Kier alpha value is -2.45. The van der Waals surface area contributed by atoms with Crippen molar-refractivity contribution >= 4 is 29.0 Å². The van der Waals surface area contributed by atoms with Crippen molar-refractivity contribution in [1.82, 2.24) is 0 Å². The van der Waals surface area contributed by atoms with Gasteiger partial charge in [-0.1, -0.05) is 30.3 Å². The second kappa shape index (κ2) is 8.86. The van der Waals surface area contributed by atoms with Gasteiger partial charge in [0.25, 0.3) is 0 Å². The first kappa shape index (κ1) is 16.9. The normalized spacial score (nSPS) is 11.3. The summed E-state index contributed by atoms with van der Waals surface area (Å²) in [4.78, 5) is 13.0. The molecule has 5 heteroatoms. The first-order valence-corrected chi connectivity index (χ1v) is 8.38. The molecule has 0 unspecified atom stereocenters. The van der Waals surface area contributed by atoms with Crippen LogP contribution in [0.5, 0.6) is 0 Å². The van der Waals surface area contributed by atoms with Crippen LogP contribution in [0.15, 0.2) is 59.5 Å². The van der Waals surface area contributed by atoms with Gasteiger partial charge in [0.05, 0.1) is 18.5 Å². The molecule has 0 aliphatic heterocycles. The number of hydrogen-bond donors (Lipinski definition) is 2. The summed E-state index contributed by atoms with van der Waals surface area (Å²) in [6.45, 7) is 2.09. The van der Waals surface area contributed by atoms with Gasteiger partial charge in [0.15, 0.2) is 0 Å². The van der Waals surface area contributed by atoms with Crippen LogP contribution in [-0.2, 0) is 4.79 Å². The van der Waals surface area contributed by atoms with Crippen LogP contribution in [0.2, 0.25) is 0 Å². The van der Waals surface area contributed by atoms with Crippen LogP contribution in [0.25, 0.3) is 0 Å². The maximum absolute atomic E-state index is 12.0. The summed E-state index contributed by atoms with van der Waals surface area (Å²) in [5.41, 5.74) is 1.69. The van der Waals surface area contributed by atoms with Crippen molar-refractivity contribution in [2.45, 2.75) is 11.8 Å². The maximum Gasteiger partial charge on any atom is 0.243 e. The minimum atomic E-state index is -0.0959. The van der Waals surface area contributed by atoms with Crippen LogP contribution in [0, 0.1) is 17.2 Å². The van der Waals surface area contributed by atoms with Crippen molar-refractivity contribution in [3.05, 3.63) is 54.6 Å². The molecule has 4 nitrogen and oxygen atoms in total. The number of nitrogens with zero attached hydrogens (tertiary/aromatic N) is 1. The van der Waals surface area contributed by atoms with E-state index in [0.29, 0.717) is 0 Å².